The van der Waals surface area contributed by atoms with Crippen molar-refractivity contribution in [1.29, 1.82) is 0 Å². The lowest BCUT2D eigenvalue weighted by Gasteiger charge is -2.24. The average Bonchev–Trinajstić information content (AvgIpc) is 2.13. The smallest absolute Gasteiger partial charge is 0.166 e. The predicted octanol–water partition coefficient (Wildman–Crippen LogP) is 2.38. The molecule has 0 aliphatic rings. The topological polar surface area (TPSA) is 49.7 Å². The molecule has 0 aliphatic heterocycles. The molecule has 0 fully saturated rings. The number of halogens is 1. The largest absolute Gasteiger partial charge is 0.504 e. The van der Waals surface area contributed by atoms with Gasteiger partial charge in [-0.2, -0.15) is 0 Å². The van der Waals surface area contributed by atoms with E-state index in [-0.39, 0.29) is 28.2 Å². The molecule has 0 radical (unpaired) electrons. The number of phenolic OH excluding ortho intramolecular Hbond substituents is 1. The zero-order valence-corrected chi connectivity index (χ0v) is 10.2. The Labute approximate surface area is 94.5 Å². The summed E-state index contributed by atoms with van der Waals surface area (Å²) in [6, 6.07) is 0. The fraction of sp³-hybridized carbons (Fsp3) is 0.500. The lowest BCUT2D eigenvalue weighted by atomic mass is 9.90. The fourth-order valence-electron chi connectivity index (χ4n) is 1.96. The molecule has 0 bridgehead atoms. The van der Waals surface area contributed by atoms with Crippen LogP contribution in [0.25, 0.3) is 0 Å². The molecule has 90 valence electrons. The number of rotatable bonds is 2. The second-order valence-corrected chi connectivity index (χ2v) is 4.38. The molecular weight excluding hydrogens is 211 g/mol. The Balaban J connectivity index is 3.69. The summed E-state index contributed by atoms with van der Waals surface area (Å²) in [7, 11) is 1.35. The first-order valence-electron chi connectivity index (χ1n) is 5.00. The van der Waals surface area contributed by atoms with Crippen LogP contribution in [-0.4, -0.2) is 17.3 Å². The van der Waals surface area contributed by atoms with Gasteiger partial charge in [0, 0.05) is 11.1 Å². The summed E-state index contributed by atoms with van der Waals surface area (Å²) in [4.78, 5) is 0. The summed E-state index contributed by atoms with van der Waals surface area (Å²) >= 11 is 0. The molecule has 1 aromatic rings. The van der Waals surface area contributed by atoms with Crippen LogP contribution in [0.15, 0.2) is 0 Å². The highest BCUT2D eigenvalue weighted by atomic mass is 19.1. The number of aromatic hydroxyl groups is 1. The Hall–Kier alpha value is -1.29. The van der Waals surface area contributed by atoms with E-state index in [9.17, 15) is 14.6 Å². The maximum Gasteiger partial charge on any atom is 0.166 e. The van der Waals surface area contributed by atoms with E-state index < -0.39 is 11.4 Å². The maximum absolute atomic E-state index is 13.8. The fourth-order valence-corrected chi connectivity index (χ4v) is 1.96. The second-order valence-electron chi connectivity index (χ2n) is 4.38. The van der Waals surface area contributed by atoms with Crippen LogP contribution < -0.4 is 4.74 Å². The van der Waals surface area contributed by atoms with Crippen LogP contribution in [0.1, 0.15) is 30.5 Å². The molecule has 0 unspecified atom stereocenters. The third-order valence-corrected chi connectivity index (χ3v) is 2.64. The van der Waals surface area contributed by atoms with Crippen LogP contribution in [-0.2, 0) is 5.60 Å². The minimum atomic E-state index is -1.32. The van der Waals surface area contributed by atoms with Gasteiger partial charge in [0.25, 0.3) is 0 Å². The highest BCUT2D eigenvalue weighted by Gasteiger charge is 2.29. The Morgan fingerprint density at radius 2 is 1.69 bits per heavy atom. The van der Waals surface area contributed by atoms with Crippen LogP contribution in [0.2, 0.25) is 0 Å². The number of phenols is 1. The van der Waals surface area contributed by atoms with Gasteiger partial charge in [0.1, 0.15) is 5.82 Å². The Morgan fingerprint density at radius 1 is 1.19 bits per heavy atom. The highest BCUT2D eigenvalue weighted by molar-refractivity contribution is 5.56. The van der Waals surface area contributed by atoms with Gasteiger partial charge in [-0.05, 0) is 33.3 Å². The minimum absolute atomic E-state index is 0.0697. The van der Waals surface area contributed by atoms with Gasteiger partial charge in [0.15, 0.2) is 11.5 Å². The van der Waals surface area contributed by atoms with E-state index >= 15 is 0 Å². The number of ether oxygens (including phenoxy) is 1. The van der Waals surface area contributed by atoms with Crippen molar-refractivity contribution in [3.63, 3.8) is 0 Å². The van der Waals surface area contributed by atoms with Gasteiger partial charge in [-0.3, -0.25) is 0 Å². The van der Waals surface area contributed by atoms with Crippen molar-refractivity contribution >= 4 is 0 Å². The molecule has 2 N–H and O–H groups in total. The van der Waals surface area contributed by atoms with Gasteiger partial charge >= 0.3 is 0 Å². The molecule has 0 atom stereocenters. The normalized spacial score (nSPS) is 11.7. The molecule has 3 nitrogen and oxygen atoms in total. The summed E-state index contributed by atoms with van der Waals surface area (Å²) in [5.41, 5.74) is -0.683. The first kappa shape index (κ1) is 12.8. The molecule has 0 aromatic heterocycles. The average molecular weight is 228 g/mol. The van der Waals surface area contributed by atoms with Gasteiger partial charge < -0.3 is 14.9 Å². The molecule has 16 heavy (non-hydrogen) atoms. The minimum Gasteiger partial charge on any atom is -0.504 e. The van der Waals surface area contributed by atoms with Gasteiger partial charge in [-0.1, -0.05) is 0 Å². The summed E-state index contributed by atoms with van der Waals surface area (Å²) < 4.78 is 18.8. The zero-order chi connectivity index (χ0) is 12.7. The molecule has 0 saturated heterocycles. The first-order valence-corrected chi connectivity index (χ1v) is 5.00. The predicted molar refractivity (Wildman–Crippen MR) is 59.3 cm³/mol. The zero-order valence-electron chi connectivity index (χ0n) is 10.2. The van der Waals surface area contributed by atoms with Crippen molar-refractivity contribution in [3.05, 3.63) is 22.5 Å². The molecule has 1 rings (SSSR count). The van der Waals surface area contributed by atoms with Crippen LogP contribution in [0.3, 0.4) is 0 Å². The van der Waals surface area contributed by atoms with Crippen LogP contribution in [0.4, 0.5) is 4.39 Å². The Kier molecular flexibility index (Phi) is 3.15. The quantitative estimate of drug-likeness (QED) is 0.817. The molecule has 0 saturated carbocycles. The van der Waals surface area contributed by atoms with E-state index in [2.05, 4.69) is 0 Å². The first-order chi connectivity index (χ1) is 7.21. The molecule has 0 amide bonds. The molecular formula is C12H17FO3. The molecule has 0 aliphatic carbocycles. The number of hydrogen-bond acceptors (Lipinski definition) is 3. The summed E-state index contributed by atoms with van der Waals surface area (Å²) in [5.74, 6) is -0.599. The van der Waals surface area contributed by atoms with Crippen molar-refractivity contribution in [1.82, 2.24) is 0 Å². The SMILES string of the molecule is COc1c(C)c(F)c(C)c(C(C)(C)O)c1O. The van der Waals surface area contributed by atoms with Crippen molar-refractivity contribution in [2.45, 2.75) is 33.3 Å². The van der Waals surface area contributed by atoms with Gasteiger partial charge in [-0.25, -0.2) is 4.39 Å². The third-order valence-electron chi connectivity index (χ3n) is 2.64. The molecule has 4 heteroatoms. The van der Waals surface area contributed by atoms with Gasteiger partial charge in [0.05, 0.1) is 12.7 Å². The van der Waals surface area contributed by atoms with E-state index in [4.69, 9.17) is 4.74 Å². The maximum atomic E-state index is 13.8. The van der Waals surface area contributed by atoms with E-state index in [0.717, 1.165) is 0 Å². The number of methoxy groups -OCH3 is 1. The highest BCUT2D eigenvalue weighted by Crippen LogP contribution is 2.42. The van der Waals surface area contributed by atoms with Crippen LogP contribution >= 0.6 is 0 Å². The summed E-state index contributed by atoms with van der Waals surface area (Å²) in [6.45, 7) is 6.02. The lowest BCUT2D eigenvalue weighted by Crippen LogP contribution is -2.19. The number of hydrogen-bond donors (Lipinski definition) is 2. The van der Waals surface area contributed by atoms with Gasteiger partial charge in [0.2, 0.25) is 0 Å². The standard InChI is InChI=1S/C12H17FO3/c1-6-8(12(3,4)15)10(14)11(16-5)7(2)9(6)13/h14-15H,1-5H3. The Bertz CT molecular complexity index is 419. The Morgan fingerprint density at radius 3 is 2.06 bits per heavy atom. The molecule has 0 heterocycles. The van der Waals surface area contributed by atoms with E-state index in [1.165, 1.54) is 34.8 Å². The third kappa shape index (κ3) is 1.85. The summed E-state index contributed by atoms with van der Waals surface area (Å²) in [5, 5.41) is 19.9. The van der Waals surface area contributed by atoms with Crippen molar-refractivity contribution < 1.29 is 19.3 Å². The van der Waals surface area contributed by atoms with Crippen molar-refractivity contribution in [2.75, 3.05) is 7.11 Å². The van der Waals surface area contributed by atoms with Crippen LogP contribution in [0, 0.1) is 19.7 Å². The number of benzene rings is 1. The van der Waals surface area contributed by atoms with Crippen molar-refractivity contribution in [2.24, 2.45) is 0 Å². The van der Waals surface area contributed by atoms with Gasteiger partial charge in [-0.15, -0.1) is 0 Å². The molecule has 0 spiro atoms. The van der Waals surface area contributed by atoms with Crippen molar-refractivity contribution in [3.8, 4) is 11.5 Å². The molecule has 1 aromatic carbocycles. The summed E-state index contributed by atoms with van der Waals surface area (Å²) in [6.07, 6.45) is 0. The van der Waals surface area contributed by atoms with Crippen LogP contribution in [0.5, 0.6) is 11.5 Å². The van der Waals surface area contributed by atoms with E-state index in [0.29, 0.717) is 0 Å². The second kappa shape index (κ2) is 3.94. The monoisotopic (exact) mass is 228 g/mol. The lowest BCUT2D eigenvalue weighted by molar-refractivity contribution is 0.0741. The van der Waals surface area contributed by atoms with E-state index in [1.807, 2.05) is 0 Å². The van der Waals surface area contributed by atoms with E-state index in [1.54, 1.807) is 0 Å². The number of aliphatic hydroxyl groups is 1.